The second kappa shape index (κ2) is 11.1. The van der Waals surface area contributed by atoms with Crippen LogP contribution in [0.5, 0.6) is 5.75 Å². The lowest BCUT2D eigenvalue weighted by Gasteiger charge is -2.50. The highest BCUT2D eigenvalue weighted by atomic mass is 35.5. The number of likely N-dealkylation sites (tertiary alicyclic amines) is 1. The molecule has 1 saturated carbocycles. The van der Waals surface area contributed by atoms with Crippen molar-refractivity contribution in [1.82, 2.24) is 9.80 Å². The quantitative estimate of drug-likeness (QED) is 0.345. The van der Waals surface area contributed by atoms with E-state index in [2.05, 4.69) is 17.0 Å². The zero-order chi connectivity index (χ0) is 31.7. The number of aliphatic hydroxyl groups is 3. The molecule has 44 heavy (non-hydrogen) atoms. The topological polar surface area (TPSA) is 139 Å². The molecule has 0 aromatic heterocycles. The third-order valence-corrected chi connectivity index (χ3v) is 10.6. The summed E-state index contributed by atoms with van der Waals surface area (Å²) < 4.78 is 0. The summed E-state index contributed by atoms with van der Waals surface area (Å²) in [5, 5.41) is 46.3. The molecule has 1 unspecified atom stereocenters. The molecule has 1 heterocycles. The number of aromatic hydroxyl groups is 1. The second-order valence-corrected chi connectivity index (χ2v) is 12.9. The lowest BCUT2D eigenvalue weighted by molar-refractivity contribution is -0.154. The fourth-order valence-corrected chi connectivity index (χ4v) is 8.30. The largest absolute Gasteiger partial charge is 0.508 e. The molecule has 232 valence electrons. The third kappa shape index (κ3) is 4.43. The number of Topliss-reactive ketones (excluding diaryl/α,β-unsaturated/α-hetero) is 3. The van der Waals surface area contributed by atoms with Gasteiger partial charge in [-0.2, -0.15) is 0 Å². The minimum Gasteiger partial charge on any atom is -0.508 e. The van der Waals surface area contributed by atoms with Gasteiger partial charge in [0.25, 0.3) is 0 Å². The van der Waals surface area contributed by atoms with Crippen molar-refractivity contribution in [2.75, 3.05) is 20.1 Å². The van der Waals surface area contributed by atoms with E-state index in [-0.39, 0.29) is 35.8 Å². The molecule has 4 aliphatic rings. The summed E-state index contributed by atoms with van der Waals surface area (Å²) in [5.74, 6) is -5.84. The molecule has 2 fully saturated rings. The normalized spacial score (nSPS) is 28.8. The van der Waals surface area contributed by atoms with E-state index in [1.54, 1.807) is 18.0 Å². The van der Waals surface area contributed by atoms with E-state index in [9.17, 15) is 34.8 Å². The zero-order valence-corrected chi connectivity index (χ0v) is 25.8. The summed E-state index contributed by atoms with van der Waals surface area (Å²) in [4.78, 5) is 44.1. The van der Waals surface area contributed by atoms with Crippen LogP contribution in [-0.4, -0.2) is 79.4 Å². The molecular weight excluding hydrogens is 584 g/mol. The van der Waals surface area contributed by atoms with Crippen molar-refractivity contribution in [3.05, 3.63) is 80.6 Å². The number of ketones is 3. The van der Waals surface area contributed by atoms with Gasteiger partial charge in [0.05, 0.1) is 11.6 Å². The van der Waals surface area contributed by atoms with Crippen molar-refractivity contribution < 1.29 is 34.8 Å². The number of likely N-dealkylation sites (N-methyl/N-ethyl adjacent to an activating group) is 1. The van der Waals surface area contributed by atoms with Crippen LogP contribution < -0.4 is 0 Å². The highest BCUT2D eigenvalue weighted by Gasteiger charge is 2.64. The van der Waals surface area contributed by atoms with E-state index in [0.717, 1.165) is 37.4 Å². The Balaban J connectivity index is 1.45. The van der Waals surface area contributed by atoms with Gasteiger partial charge in [-0.3, -0.25) is 24.2 Å². The van der Waals surface area contributed by atoms with Gasteiger partial charge in [-0.05, 0) is 81.4 Å². The summed E-state index contributed by atoms with van der Waals surface area (Å²) in [5.41, 5.74) is -0.916. The van der Waals surface area contributed by atoms with Gasteiger partial charge in [-0.1, -0.05) is 48.9 Å². The number of nitrogens with zero attached hydrogens (tertiary/aromatic N) is 2. The smallest absolute Gasteiger partial charge is 0.202 e. The van der Waals surface area contributed by atoms with Crippen molar-refractivity contribution in [1.29, 1.82) is 0 Å². The van der Waals surface area contributed by atoms with Crippen LogP contribution in [-0.2, 0) is 27.3 Å². The number of rotatable bonds is 6. The monoisotopic (exact) mass is 620 g/mol. The fourth-order valence-electron chi connectivity index (χ4n) is 7.95. The predicted octanol–water partition coefficient (Wildman–Crippen LogP) is 4.45. The average Bonchev–Trinajstić information content (AvgIpc) is 3.44. The van der Waals surface area contributed by atoms with Gasteiger partial charge in [0.15, 0.2) is 17.2 Å². The standard InChI is InChI=1S/C34H37ClN2O7/c1-4-36(3)29-22-14-19-13-21-27(30(40)26(19)33(43)34(22,44)32(42)25(17(2)38)31(29)41)24(39)15-20(28(21)35)23-11-8-12-37(23)16-18-9-6-5-7-10-18/h5-7,9-10,15,19,22-23,29,39-40,42,44H,4,8,11-14,16H2,1-3H3/t19-,22-,23?,29-,34+/m0/s1. The SMILES string of the molecule is CCN(C)[C@@H]1C(=O)C(C(C)=O)=C(O)[C@@]2(O)C(=O)C3=C(O)c4c(O)cc(C5CCCN5Cc5ccccc5)c(Cl)c4C[C@H]3C[C@@H]12. The lowest BCUT2D eigenvalue weighted by Crippen LogP contribution is -2.65. The van der Waals surface area contributed by atoms with Gasteiger partial charge >= 0.3 is 0 Å². The second-order valence-electron chi connectivity index (χ2n) is 12.5. The van der Waals surface area contributed by atoms with Crippen LogP contribution in [0.3, 0.4) is 0 Å². The highest BCUT2D eigenvalue weighted by Crippen LogP contribution is 2.54. The number of hydrogen-bond acceptors (Lipinski definition) is 9. The number of hydrogen-bond donors (Lipinski definition) is 4. The molecule has 1 saturated heterocycles. The number of phenols is 1. The van der Waals surface area contributed by atoms with Crippen molar-refractivity contribution in [3.8, 4) is 5.75 Å². The van der Waals surface area contributed by atoms with Crippen LogP contribution in [0.15, 0.2) is 53.3 Å². The molecule has 0 radical (unpaired) electrons. The molecule has 1 aliphatic heterocycles. The molecule has 4 N–H and O–H groups in total. The van der Waals surface area contributed by atoms with E-state index >= 15 is 0 Å². The van der Waals surface area contributed by atoms with Gasteiger partial charge in [-0.15, -0.1) is 0 Å². The number of halogens is 1. The van der Waals surface area contributed by atoms with Crippen LogP contribution in [0.4, 0.5) is 0 Å². The molecule has 0 amide bonds. The van der Waals surface area contributed by atoms with Crippen LogP contribution in [0.25, 0.3) is 5.76 Å². The maximum atomic E-state index is 14.1. The van der Waals surface area contributed by atoms with Crippen LogP contribution in [0.1, 0.15) is 61.4 Å². The summed E-state index contributed by atoms with van der Waals surface area (Å²) in [6.45, 7) is 4.87. The van der Waals surface area contributed by atoms with E-state index in [1.165, 1.54) is 0 Å². The van der Waals surface area contributed by atoms with Crippen molar-refractivity contribution in [3.63, 3.8) is 0 Å². The summed E-state index contributed by atoms with van der Waals surface area (Å²) in [6.07, 6.45) is 2.03. The number of carbonyl (C=O) groups is 3. The minimum absolute atomic E-state index is 0.0254. The summed E-state index contributed by atoms with van der Waals surface area (Å²) in [6, 6.07) is 10.5. The average molecular weight is 621 g/mol. The first-order chi connectivity index (χ1) is 20.9. The van der Waals surface area contributed by atoms with Gasteiger partial charge in [-0.25, -0.2) is 0 Å². The fraction of sp³-hybridized carbons (Fsp3) is 0.441. The van der Waals surface area contributed by atoms with E-state index < -0.39 is 57.9 Å². The van der Waals surface area contributed by atoms with Crippen molar-refractivity contribution in [2.24, 2.45) is 11.8 Å². The van der Waals surface area contributed by atoms with Crippen LogP contribution in [0.2, 0.25) is 5.02 Å². The predicted molar refractivity (Wildman–Crippen MR) is 164 cm³/mol. The molecule has 9 nitrogen and oxygen atoms in total. The Bertz CT molecular complexity index is 1630. The number of aliphatic hydroxyl groups excluding tert-OH is 2. The minimum atomic E-state index is -2.60. The molecule has 0 bridgehead atoms. The Hall–Kier alpha value is -3.50. The number of phenolic OH excluding ortho intramolecular Hbond substituents is 1. The number of fused-ring (bicyclic) bond motifs is 3. The first-order valence-corrected chi connectivity index (χ1v) is 15.5. The summed E-state index contributed by atoms with van der Waals surface area (Å²) >= 11 is 7.09. The Kier molecular flexibility index (Phi) is 7.73. The lowest BCUT2D eigenvalue weighted by atomic mass is 9.57. The number of carbonyl (C=O) groups excluding carboxylic acids is 3. The van der Waals surface area contributed by atoms with E-state index in [0.29, 0.717) is 23.7 Å². The van der Waals surface area contributed by atoms with E-state index in [4.69, 9.17) is 11.6 Å². The third-order valence-electron chi connectivity index (χ3n) is 10.2. The Morgan fingerprint density at radius 3 is 2.52 bits per heavy atom. The molecule has 3 aliphatic carbocycles. The Morgan fingerprint density at radius 1 is 1.16 bits per heavy atom. The van der Waals surface area contributed by atoms with Crippen LogP contribution in [0, 0.1) is 11.8 Å². The van der Waals surface area contributed by atoms with Crippen molar-refractivity contribution in [2.45, 2.75) is 63.8 Å². The van der Waals surface area contributed by atoms with Gasteiger partial charge < -0.3 is 20.4 Å². The van der Waals surface area contributed by atoms with Gasteiger partial charge in [0.1, 0.15) is 22.8 Å². The van der Waals surface area contributed by atoms with Crippen LogP contribution >= 0.6 is 11.6 Å². The molecular formula is C34H37ClN2O7. The summed E-state index contributed by atoms with van der Waals surface area (Å²) in [7, 11) is 1.66. The van der Waals surface area contributed by atoms with E-state index in [1.807, 2.05) is 25.1 Å². The van der Waals surface area contributed by atoms with Gasteiger partial charge in [0, 0.05) is 29.1 Å². The van der Waals surface area contributed by atoms with Gasteiger partial charge in [0.2, 0.25) is 5.78 Å². The zero-order valence-electron chi connectivity index (χ0n) is 25.0. The molecule has 2 aromatic carbocycles. The highest BCUT2D eigenvalue weighted by molar-refractivity contribution is 6.33. The Labute approximate surface area is 261 Å². The first-order valence-electron chi connectivity index (χ1n) is 15.1. The number of benzene rings is 2. The molecule has 2 aromatic rings. The molecule has 10 heteroatoms. The maximum Gasteiger partial charge on any atom is 0.202 e. The first kappa shape index (κ1) is 30.5. The molecule has 0 spiro atoms. The molecule has 6 rings (SSSR count). The molecule has 5 atom stereocenters. The Morgan fingerprint density at radius 2 is 1.86 bits per heavy atom. The van der Waals surface area contributed by atoms with Crippen molar-refractivity contribution >= 4 is 34.7 Å². The maximum absolute atomic E-state index is 14.1.